The number of aliphatic carboxylic acids is 1. The largest absolute Gasteiger partial charge is 0.493 e. The minimum atomic E-state index is -0.883. The Hall–Kier alpha value is -1.42. The molecular formula is C13H17ClO4. The second-order valence-electron chi connectivity index (χ2n) is 4.64. The predicted octanol–water partition coefficient (Wildman–Crippen LogP) is 3.01. The number of hydrogen-bond donors (Lipinski definition) is 1. The highest BCUT2D eigenvalue weighted by atomic mass is 35.5. The van der Waals surface area contributed by atoms with Gasteiger partial charge < -0.3 is 14.6 Å². The molecule has 0 spiro atoms. The van der Waals surface area contributed by atoms with Crippen LogP contribution >= 0.6 is 11.6 Å². The number of halogens is 1. The highest BCUT2D eigenvalue weighted by molar-refractivity contribution is 6.32. The number of rotatable bonds is 5. The van der Waals surface area contributed by atoms with Gasteiger partial charge in [-0.05, 0) is 31.9 Å². The van der Waals surface area contributed by atoms with E-state index in [0.29, 0.717) is 22.9 Å². The molecule has 0 aliphatic carbocycles. The van der Waals surface area contributed by atoms with Crippen LogP contribution < -0.4 is 9.47 Å². The summed E-state index contributed by atoms with van der Waals surface area (Å²) < 4.78 is 10.4. The van der Waals surface area contributed by atoms with Crippen LogP contribution in [0.2, 0.25) is 5.02 Å². The Kier molecular flexibility index (Phi) is 4.46. The molecule has 1 N–H and O–H groups in total. The molecule has 0 radical (unpaired) electrons. The molecule has 0 aromatic heterocycles. The summed E-state index contributed by atoms with van der Waals surface area (Å²) in [6.07, 6.45) is 0.332. The molecule has 0 fully saturated rings. The molecule has 0 atom stereocenters. The van der Waals surface area contributed by atoms with Gasteiger partial charge in [-0.2, -0.15) is 0 Å². The molecule has 18 heavy (non-hydrogen) atoms. The first-order valence-corrected chi connectivity index (χ1v) is 5.84. The molecule has 1 aromatic carbocycles. The van der Waals surface area contributed by atoms with Gasteiger partial charge in [-0.25, -0.2) is 0 Å². The average Bonchev–Trinajstić information content (AvgIpc) is 2.30. The maximum atomic E-state index is 11.1. The van der Waals surface area contributed by atoms with Crippen molar-refractivity contribution in [3.05, 3.63) is 22.7 Å². The van der Waals surface area contributed by atoms with Crippen molar-refractivity contribution in [3.63, 3.8) is 0 Å². The van der Waals surface area contributed by atoms with Crippen LogP contribution in [0, 0.1) is 5.41 Å². The lowest BCUT2D eigenvalue weighted by molar-refractivity contribution is -0.146. The quantitative estimate of drug-likeness (QED) is 0.895. The molecule has 1 rings (SSSR count). The summed E-state index contributed by atoms with van der Waals surface area (Å²) in [7, 11) is 3.00. The molecular weight excluding hydrogens is 256 g/mol. The topological polar surface area (TPSA) is 55.8 Å². The number of carbonyl (C=O) groups is 1. The van der Waals surface area contributed by atoms with Crippen LogP contribution in [-0.4, -0.2) is 25.3 Å². The predicted molar refractivity (Wildman–Crippen MR) is 69.7 cm³/mol. The van der Waals surface area contributed by atoms with Crippen LogP contribution in [0.1, 0.15) is 19.4 Å². The third-order valence-electron chi connectivity index (χ3n) is 2.77. The van der Waals surface area contributed by atoms with Crippen molar-refractivity contribution in [2.75, 3.05) is 14.2 Å². The average molecular weight is 273 g/mol. The highest BCUT2D eigenvalue weighted by Gasteiger charge is 2.29. The van der Waals surface area contributed by atoms with Gasteiger partial charge in [0.05, 0.1) is 24.7 Å². The van der Waals surface area contributed by atoms with Gasteiger partial charge in [-0.15, -0.1) is 0 Å². The van der Waals surface area contributed by atoms with Gasteiger partial charge in [0.25, 0.3) is 0 Å². The van der Waals surface area contributed by atoms with Crippen LogP contribution in [0.15, 0.2) is 12.1 Å². The van der Waals surface area contributed by atoms with Gasteiger partial charge in [-0.3, -0.25) is 4.79 Å². The van der Waals surface area contributed by atoms with E-state index in [1.165, 1.54) is 14.2 Å². The number of carboxylic acid groups (broad SMARTS) is 1. The SMILES string of the molecule is COc1c(Cl)ccc(CC(C)(C)C(=O)O)c1OC. The van der Waals surface area contributed by atoms with Crippen LogP contribution in [0.5, 0.6) is 11.5 Å². The second kappa shape index (κ2) is 5.48. The number of carboxylic acids is 1. The molecule has 0 saturated heterocycles. The van der Waals surface area contributed by atoms with Crippen molar-refractivity contribution < 1.29 is 19.4 Å². The van der Waals surface area contributed by atoms with E-state index in [0.717, 1.165) is 5.56 Å². The summed E-state index contributed by atoms with van der Waals surface area (Å²) >= 11 is 5.99. The first-order valence-electron chi connectivity index (χ1n) is 5.46. The summed E-state index contributed by atoms with van der Waals surface area (Å²) in [5.74, 6) is 0.0515. The molecule has 4 nitrogen and oxygen atoms in total. The maximum Gasteiger partial charge on any atom is 0.309 e. The zero-order chi connectivity index (χ0) is 13.9. The Balaban J connectivity index is 3.22. The first kappa shape index (κ1) is 14.6. The smallest absolute Gasteiger partial charge is 0.309 e. The Bertz CT molecular complexity index is 455. The standard InChI is InChI=1S/C13H17ClO4/c1-13(2,12(15)16)7-8-5-6-9(14)11(18-4)10(8)17-3/h5-6H,7H2,1-4H3,(H,15,16). The molecule has 0 unspecified atom stereocenters. The zero-order valence-electron chi connectivity index (χ0n) is 10.9. The third-order valence-corrected chi connectivity index (χ3v) is 3.06. The third kappa shape index (κ3) is 2.88. The van der Waals surface area contributed by atoms with E-state index >= 15 is 0 Å². The lowest BCUT2D eigenvalue weighted by Gasteiger charge is -2.21. The van der Waals surface area contributed by atoms with E-state index < -0.39 is 11.4 Å². The highest BCUT2D eigenvalue weighted by Crippen LogP contribution is 2.40. The fourth-order valence-electron chi connectivity index (χ4n) is 1.68. The number of hydrogen-bond acceptors (Lipinski definition) is 3. The van der Waals surface area contributed by atoms with Gasteiger partial charge in [0, 0.05) is 0 Å². The van der Waals surface area contributed by atoms with Crippen molar-refractivity contribution >= 4 is 17.6 Å². The van der Waals surface area contributed by atoms with E-state index in [4.69, 9.17) is 26.2 Å². The maximum absolute atomic E-state index is 11.1. The number of methoxy groups -OCH3 is 2. The minimum absolute atomic E-state index is 0.332. The fourth-order valence-corrected chi connectivity index (χ4v) is 1.91. The van der Waals surface area contributed by atoms with Crippen molar-refractivity contribution in [1.82, 2.24) is 0 Å². The van der Waals surface area contributed by atoms with E-state index in [2.05, 4.69) is 0 Å². The summed E-state index contributed by atoms with van der Waals surface area (Å²) in [6.45, 7) is 3.33. The summed E-state index contributed by atoms with van der Waals surface area (Å²) in [6, 6.07) is 3.44. The van der Waals surface area contributed by atoms with E-state index in [-0.39, 0.29) is 0 Å². The number of ether oxygens (including phenoxy) is 2. The lowest BCUT2D eigenvalue weighted by Crippen LogP contribution is -2.26. The molecule has 0 bridgehead atoms. The van der Waals surface area contributed by atoms with Crippen molar-refractivity contribution in [2.24, 2.45) is 5.41 Å². The van der Waals surface area contributed by atoms with Crippen LogP contribution in [0.25, 0.3) is 0 Å². The van der Waals surface area contributed by atoms with Gasteiger partial charge >= 0.3 is 5.97 Å². The van der Waals surface area contributed by atoms with Crippen LogP contribution in [0.4, 0.5) is 0 Å². The minimum Gasteiger partial charge on any atom is -0.493 e. The van der Waals surface area contributed by atoms with E-state index in [1.807, 2.05) is 0 Å². The Morgan fingerprint density at radius 3 is 2.28 bits per heavy atom. The van der Waals surface area contributed by atoms with Gasteiger partial charge in [0.15, 0.2) is 11.5 Å². The Morgan fingerprint density at radius 2 is 1.83 bits per heavy atom. The molecule has 5 heteroatoms. The van der Waals surface area contributed by atoms with Crippen LogP contribution in [-0.2, 0) is 11.2 Å². The molecule has 0 amide bonds. The second-order valence-corrected chi connectivity index (χ2v) is 5.05. The lowest BCUT2D eigenvalue weighted by atomic mass is 9.85. The molecule has 100 valence electrons. The number of benzene rings is 1. The van der Waals surface area contributed by atoms with Gasteiger partial charge in [-0.1, -0.05) is 17.7 Å². The first-order chi connectivity index (χ1) is 8.33. The summed E-state index contributed by atoms with van der Waals surface area (Å²) in [5.41, 5.74) is -0.127. The molecule has 0 aliphatic rings. The molecule has 1 aromatic rings. The Morgan fingerprint density at radius 1 is 1.28 bits per heavy atom. The van der Waals surface area contributed by atoms with E-state index in [9.17, 15) is 4.79 Å². The molecule has 0 heterocycles. The molecule has 0 saturated carbocycles. The van der Waals surface area contributed by atoms with Gasteiger partial charge in [0.2, 0.25) is 0 Å². The monoisotopic (exact) mass is 272 g/mol. The summed E-state index contributed by atoms with van der Waals surface area (Å²) in [5, 5.41) is 9.59. The Labute approximate surface area is 111 Å². The van der Waals surface area contributed by atoms with Crippen molar-refractivity contribution in [1.29, 1.82) is 0 Å². The fraction of sp³-hybridized carbons (Fsp3) is 0.462. The van der Waals surface area contributed by atoms with Crippen LogP contribution in [0.3, 0.4) is 0 Å². The molecule has 0 aliphatic heterocycles. The normalized spacial score (nSPS) is 11.2. The van der Waals surface area contributed by atoms with Crippen molar-refractivity contribution in [2.45, 2.75) is 20.3 Å². The summed E-state index contributed by atoms with van der Waals surface area (Å²) in [4.78, 5) is 11.1. The van der Waals surface area contributed by atoms with Crippen molar-refractivity contribution in [3.8, 4) is 11.5 Å². The van der Waals surface area contributed by atoms with E-state index in [1.54, 1.807) is 26.0 Å². The van der Waals surface area contributed by atoms with Gasteiger partial charge in [0.1, 0.15) is 0 Å². The zero-order valence-corrected chi connectivity index (χ0v) is 11.7.